The molecule has 1 heterocycles. The third-order valence-corrected chi connectivity index (χ3v) is 5.87. The minimum atomic E-state index is 0. The van der Waals surface area contributed by atoms with Gasteiger partial charge in [-0.2, -0.15) is 0 Å². The highest BCUT2D eigenvalue weighted by atomic mass is 127. The Morgan fingerprint density at radius 3 is 2.33 bits per heavy atom. The van der Waals surface area contributed by atoms with E-state index in [1.54, 1.807) is 21.3 Å². The zero-order valence-electron chi connectivity index (χ0n) is 19.7. The Labute approximate surface area is 214 Å². The molecule has 0 spiro atoms. The van der Waals surface area contributed by atoms with E-state index in [0.29, 0.717) is 29.9 Å². The second-order valence-electron chi connectivity index (χ2n) is 7.98. The first-order valence-corrected chi connectivity index (χ1v) is 11.1. The Kier molecular flexibility index (Phi) is 11.3. The molecule has 3 rings (SSSR count). The number of hydrogen-bond acceptors (Lipinski definition) is 4. The van der Waals surface area contributed by atoms with Gasteiger partial charge in [-0.15, -0.1) is 24.0 Å². The van der Waals surface area contributed by atoms with Crippen molar-refractivity contribution < 1.29 is 14.3 Å². The Bertz CT molecular complexity index is 900. The van der Waals surface area contributed by atoms with Gasteiger partial charge in [0.05, 0.1) is 20.8 Å². The quantitative estimate of drug-likeness (QED) is 0.291. The summed E-state index contributed by atoms with van der Waals surface area (Å²) in [7, 11) is 4.93. The van der Waals surface area contributed by atoms with Crippen LogP contribution in [0.3, 0.4) is 0 Å². The normalized spacial score (nSPS) is 14.3. The summed E-state index contributed by atoms with van der Waals surface area (Å²) >= 11 is 0. The minimum absolute atomic E-state index is 0. The number of guanidine groups is 1. The number of methoxy groups -OCH3 is 2. The number of rotatable bonds is 8. The standard InChI is InChI=1S/C25H34N4O3.HI/c1-26-25(27-17-21-9-10-22(31-2)23(16-21)32-3)28-18-24(30)29-13-11-20(12-14-29)15-19-7-5-4-6-8-19;/h4-10,16,20H,11-15,17-18H2,1-3H3,(H2,26,27,28);1H. The van der Waals surface area contributed by atoms with Gasteiger partial charge < -0.3 is 25.0 Å². The molecule has 33 heavy (non-hydrogen) atoms. The summed E-state index contributed by atoms with van der Waals surface area (Å²) < 4.78 is 10.6. The van der Waals surface area contributed by atoms with Crippen molar-refractivity contribution in [3.63, 3.8) is 0 Å². The van der Waals surface area contributed by atoms with Crippen LogP contribution in [-0.4, -0.2) is 57.7 Å². The van der Waals surface area contributed by atoms with E-state index in [1.807, 2.05) is 29.2 Å². The number of hydrogen-bond donors (Lipinski definition) is 2. The lowest BCUT2D eigenvalue weighted by atomic mass is 9.90. The number of likely N-dealkylation sites (tertiary alicyclic amines) is 1. The van der Waals surface area contributed by atoms with E-state index in [2.05, 4.69) is 39.9 Å². The first kappa shape index (κ1) is 26.8. The van der Waals surface area contributed by atoms with E-state index < -0.39 is 0 Å². The summed E-state index contributed by atoms with van der Waals surface area (Å²) in [5.41, 5.74) is 2.40. The molecule has 0 aromatic heterocycles. The fourth-order valence-corrected chi connectivity index (χ4v) is 4.00. The van der Waals surface area contributed by atoms with Gasteiger partial charge in [-0.1, -0.05) is 36.4 Å². The molecule has 2 aromatic rings. The van der Waals surface area contributed by atoms with E-state index in [-0.39, 0.29) is 36.4 Å². The van der Waals surface area contributed by atoms with Gasteiger partial charge in [-0.05, 0) is 48.4 Å². The van der Waals surface area contributed by atoms with Crippen molar-refractivity contribution in [3.8, 4) is 11.5 Å². The topological polar surface area (TPSA) is 75.2 Å². The third-order valence-electron chi connectivity index (χ3n) is 5.87. The molecule has 0 aliphatic carbocycles. The van der Waals surface area contributed by atoms with Crippen molar-refractivity contribution in [1.82, 2.24) is 15.5 Å². The number of carbonyl (C=O) groups is 1. The van der Waals surface area contributed by atoms with Crippen LogP contribution < -0.4 is 20.1 Å². The van der Waals surface area contributed by atoms with Crippen molar-refractivity contribution in [2.45, 2.75) is 25.8 Å². The van der Waals surface area contributed by atoms with Gasteiger partial charge in [-0.25, -0.2) is 0 Å². The molecule has 1 fully saturated rings. The Morgan fingerprint density at radius 2 is 1.70 bits per heavy atom. The lowest BCUT2D eigenvalue weighted by Crippen LogP contribution is -2.46. The highest BCUT2D eigenvalue weighted by molar-refractivity contribution is 14.0. The average Bonchev–Trinajstić information content (AvgIpc) is 2.84. The monoisotopic (exact) mass is 566 g/mol. The largest absolute Gasteiger partial charge is 0.493 e. The molecular formula is C25H35IN4O3. The summed E-state index contributed by atoms with van der Waals surface area (Å²) in [6.07, 6.45) is 3.19. The van der Waals surface area contributed by atoms with Crippen LogP contribution in [0.4, 0.5) is 0 Å². The van der Waals surface area contributed by atoms with Gasteiger partial charge in [0.1, 0.15) is 0 Å². The molecule has 7 nitrogen and oxygen atoms in total. The number of amides is 1. The third kappa shape index (κ3) is 8.10. The Hall–Kier alpha value is -2.49. The van der Waals surface area contributed by atoms with Gasteiger partial charge in [0.15, 0.2) is 17.5 Å². The molecule has 1 amide bonds. The molecule has 0 bridgehead atoms. The summed E-state index contributed by atoms with van der Waals surface area (Å²) in [4.78, 5) is 18.8. The van der Waals surface area contributed by atoms with E-state index >= 15 is 0 Å². The molecule has 0 atom stereocenters. The maximum atomic E-state index is 12.7. The van der Waals surface area contributed by atoms with Crippen LogP contribution >= 0.6 is 24.0 Å². The van der Waals surface area contributed by atoms with Gasteiger partial charge in [0, 0.05) is 26.7 Å². The smallest absolute Gasteiger partial charge is 0.241 e. The van der Waals surface area contributed by atoms with Crippen molar-refractivity contribution in [2.75, 3.05) is 40.9 Å². The molecule has 180 valence electrons. The van der Waals surface area contributed by atoms with Gasteiger partial charge in [0.25, 0.3) is 0 Å². The summed E-state index contributed by atoms with van der Waals surface area (Å²) in [6.45, 7) is 2.42. The molecule has 1 saturated heterocycles. The molecular weight excluding hydrogens is 531 g/mol. The number of piperidine rings is 1. The second-order valence-corrected chi connectivity index (χ2v) is 7.98. The van der Waals surface area contributed by atoms with Crippen LogP contribution in [0.2, 0.25) is 0 Å². The first-order valence-electron chi connectivity index (χ1n) is 11.1. The highest BCUT2D eigenvalue weighted by Crippen LogP contribution is 2.27. The fourth-order valence-electron chi connectivity index (χ4n) is 4.00. The van der Waals surface area contributed by atoms with Gasteiger partial charge in [-0.3, -0.25) is 9.79 Å². The van der Waals surface area contributed by atoms with Crippen LogP contribution in [0.5, 0.6) is 11.5 Å². The Morgan fingerprint density at radius 1 is 1.00 bits per heavy atom. The number of halogens is 1. The number of benzene rings is 2. The number of carbonyl (C=O) groups excluding carboxylic acids is 1. The van der Waals surface area contributed by atoms with Crippen LogP contribution in [-0.2, 0) is 17.8 Å². The second kappa shape index (κ2) is 13.9. The van der Waals surface area contributed by atoms with Crippen molar-refractivity contribution >= 4 is 35.8 Å². The van der Waals surface area contributed by atoms with Gasteiger partial charge in [0.2, 0.25) is 5.91 Å². The fraction of sp³-hybridized carbons (Fsp3) is 0.440. The molecule has 2 N–H and O–H groups in total. The SMILES string of the molecule is CN=C(NCC(=O)N1CCC(Cc2ccccc2)CC1)NCc1ccc(OC)c(OC)c1.I. The maximum absolute atomic E-state index is 12.7. The van der Waals surface area contributed by atoms with Crippen molar-refractivity contribution in [3.05, 3.63) is 59.7 Å². The summed E-state index contributed by atoms with van der Waals surface area (Å²) in [5, 5.41) is 6.37. The molecule has 0 saturated carbocycles. The van der Waals surface area contributed by atoms with E-state index in [4.69, 9.17) is 9.47 Å². The number of nitrogens with one attached hydrogen (secondary N) is 2. The molecule has 1 aliphatic rings. The van der Waals surface area contributed by atoms with Crippen LogP contribution in [0.25, 0.3) is 0 Å². The van der Waals surface area contributed by atoms with Crippen molar-refractivity contribution in [1.29, 1.82) is 0 Å². The van der Waals surface area contributed by atoms with Crippen LogP contribution in [0.15, 0.2) is 53.5 Å². The zero-order valence-corrected chi connectivity index (χ0v) is 22.0. The Balaban J connectivity index is 0.00000385. The number of ether oxygens (including phenoxy) is 2. The highest BCUT2D eigenvalue weighted by Gasteiger charge is 2.22. The van der Waals surface area contributed by atoms with E-state index in [1.165, 1.54) is 5.56 Å². The van der Waals surface area contributed by atoms with E-state index in [0.717, 1.165) is 37.9 Å². The lowest BCUT2D eigenvalue weighted by Gasteiger charge is -2.32. The predicted molar refractivity (Wildman–Crippen MR) is 143 cm³/mol. The van der Waals surface area contributed by atoms with Crippen LogP contribution in [0.1, 0.15) is 24.0 Å². The minimum Gasteiger partial charge on any atom is -0.493 e. The molecule has 0 radical (unpaired) electrons. The summed E-state index contributed by atoms with van der Waals surface area (Å²) in [6, 6.07) is 16.4. The molecule has 1 aliphatic heterocycles. The predicted octanol–water partition coefficient (Wildman–Crippen LogP) is 3.47. The maximum Gasteiger partial charge on any atom is 0.241 e. The number of nitrogens with zero attached hydrogens (tertiary/aromatic N) is 2. The molecule has 0 unspecified atom stereocenters. The van der Waals surface area contributed by atoms with Crippen molar-refractivity contribution in [2.24, 2.45) is 10.9 Å². The van der Waals surface area contributed by atoms with Gasteiger partial charge >= 0.3 is 0 Å². The van der Waals surface area contributed by atoms with E-state index in [9.17, 15) is 4.79 Å². The molecule has 2 aromatic carbocycles. The van der Waals surface area contributed by atoms with Crippen LogP contribution in [0, 0.1) is 5.92 Å². The molecule has 8 heteroatoms. The number of aliphatic imine (C=N–C) groups is 1. The lowest BCUT2D eigenvalue weighted by molar-refractivity contribution is -0.131. The summed E-state index contributed by atoms with van der Waals surface area (Å²) in [5.74, 6) is 2.71. The first-order chi connectivity index (χ1) is 15.6. The zero-order chi connectivity index (χ0) is 22.8. The average molecular weight is 566 g/mol.